The standard InChI is InChI=1S/C22H23Cl2N3O/c1-26-7-9-27(10-8-26)14-21(28)17-13-20(15-5-3-2-4-6-15)25-22-18(17)11-16(23)12-19(22)24/h2-6,11-13,21,28H,7-10,14H2,1H3. The zero-order chi connectivity index (χ0) is 19.7. The molecule has 3 aromatic rings. The fourth-order valence-electron chi connectivity index (χ4n) is 3.68. The lowest BCUT2D eigenvalue weighted by Gasteiger charge is -2.33. The molecule has 1 fully saturated rings. The third-order valence-electron chi connectivity index (χ3n) is 5.32. The summed E-state index contributed by atoms with van der Waals surface area (Å²) in [6, 6.07) is 15.4. The van der Waals surface area contributed by atoms with Gasteiger partial charge in [0.15, 0.2) is 0 Å². The number of hydrogen-bond donors (Lipinski definition) is 1. The number of rotatable bonds is 4. The first-order valence-corrected chi connectivity index (χ1v) is 10.2. The number of pyridine rings is 1. The Labute approximate surface area is 175 Å². The van der Waals surface area contributed by atoms with Crippen LogP contribution in [0.25, 0.3) is 22.2 Å². The van der Waals surface area contributed by atoms with E-state index in [1.807, 2.05) is 42.5 Å². The van der Waals surface area contributed by atoms with Crippen molar-refractivity contribution in [2.75, 3.05) is 39.8 Å². The van der Waals surface area contributed by atoms with Gasteiger partial charge in [-0.1, -0.05) is 53.5 Å². The van der Waals surface area contributed by atoms with E-state index in [-0.39, 0.29) is 0 Å². The number of β-amino-alcohol motifs (C(OH)–C–C–N with tert-alkyl or cyclic N) is 1. The molecule has 1 unspecified atom stereocenters. The number of aliphatic hydroxyl groups is 1. The first kappa shape index (κ1) is 19.6. The largest absolute Gasteiger partial charge is 0.387 e. The van der Waals surface area contributed by atoms with E-state index in [2.05, 4.69) is 16.8 Å². The van der Waals surface area contributed by atoms with Crippen molar-refractivity contribution >= 4 is 34.1 Å². The third-order valence-corrected chi connectivity index (χ3v) is 5.83. The molecule has 1 N–H and O–H groups in total. The second kappa shape index (κ2) is 8.36. The monoisotopic (exact) mass is 415 g/mol. The molecule has 0 spiro atoms. The normalized spacial score (nSPS) is 17.1. The van der Waals surface area contributed by atoms with Crippen molar-refractivity contribution in [3.8, 4) is 11.3 Å². The maximum atomic E-state index is 11.1. The number of nitrogens with zero attached hydrogens (tertiary/aromatic N) is 3. The number of fused-ring (bicyclic) bond motifs is 1. The summed E-state index contributed by atoms with van der Waals surface area (Å²) in [7, 11) is 2.13. The smallest absolute Gasteiger partial charge is 0.0924 e. The van der Waals surface area contributed by atoms with Gasteiger partial charge in [-0.25, -0.2) is 4.98 Å². The third kappa shape index (κ3) is 4.17. The summed E-state index contributed by atoms with van der Waals surface area (Å²) < 4.78 is 0. The van der Waals surface area contributed by atoms with Gasteiger partial charge in [0.05, 0.1) is 22.3 Å². The van der Waals surface area contributed by atoms with E-state index in [9.17, 15) is 5.11 Å². The number of piperazine rings is 1. The van der Waals surface area contributed by atoms with Crippen LogP contribution in [-0.2, 0) is 0 Å². The van der Waals surface area contributed by atoms with Gasteiger partial charge < -0.3 is 10.0 Å². The summed E-state index contributed by atoms with van der Waals surface area (Å²) in [6.45, 7) is 4.49. The molecule has 2 aromatic carbocycles. The Morgan fingerprint density at radius 2 is 1.75 bits per heavy atom. The molecule has 4 nitrogen and oxygen atoms in total. The van der Waals surface area contributed by atoms with Crippen LogP contribution in [0.3, 0.4) is 0 Å². The highest BCUT2D eigenvalue weighted by molar-refractivity contribution is 6.38. The number of aliphatic hydroxyl groups excluding tert-OH is 1. The second-order valence-electron chi connectivity index (χ2n) is 7.37. The molecular weight excluding hydrogens is 393 g/mol. The van der Waals surface area contributed by atoms with E-state index in [0.717, 1.165) is 48.4 Å². The lowest BCUT2D eigenvalue weighted by atomic mass is 9.99. The van der Waals surface area contributed by atoms with Crippen LogP contribution in [0.4, 0.5) is 0 Å². The summed E-state index contributed by atoms with van der Waals surface area (Å²) in [5.41, 5.74) is 3.26. The molecule has 1 aliphatic heterocycles. The molecule has 1 atom stereocenters. The molecule has 0 aliphatic carbocycles. The molecule has 1 aromatic heterocycles. The topological polar surface area (TPSA) is 39.6 Å². The van der Waals surface area contributed by atoms with Gasteiger partial charge in [0.2, 0.25) is 0 Å². The van der Waals surface area contributed by atoms with Crippen molar-refractivity contribution in [2.45, 2.75) is 6.10 Å². The van der Waals surface area contributed by atoms with E-state index < -0.39 is 6.10 Å². The van der Waals surface area contributed by atoms with Crippen molar-refractivity contribution in [2.24, 2.45) is 0 Å². The quantitative estimate of drug-likeness (QED) is 0.681. The Bertz CT molecular complexity index is 972. The Morgan fingerprint density at radius 3 is 2.46 bits per heavy atom. The molecule has 2 heterocycles. The van der Waals surface area contributed by atoms with Gasteiger partial charge >= 0.3 is 0 Å². The van der Waals surface area contributed by atoms with Crippen molar-refractivity contribution in [1.82, 2.24) is 14.8 Å². The summed E-state index contributed by atoms with van der Waals surface area (Å²) in [5.74, 6) is 0. The second-order valence-corrected chi connectivity index (χ2v) is 8.21. The lowest BCUT2D eigenvalue weighted by Crippen LogP contribution is -2.45. The van der Waals surface area contributed by atoms with Crippen LogP contribution >= 0.6 is 23.2 Å². The van der Waals surface area contributed by atoms with Crippen LogP contribution in [0, 0.1) is 0 Å². The molecule has 4 rings (SSSR count). The molecule has 0 radical (unpaired) electrons. The van der Waals surface area contributed by atoms with Crippen molar-refractivity contribution < 1.29 is 5.11 Å². The van der Waals surface area contributed by atoms with E-state index in [1.54, 1.807) is 6.07 Å². The van der Waals surface area contributed by atoms with Gasteiger partial charge in [0.25, 0.3) is 0 Å². The van der Waals surface area contributed by atoms with E-state index in [1.165, 1.54) is 0 Å². The highest BCUT2D eigenvalue weighted by Gasteiger charge is 2.21. The molecule has 0 bridgehead atoms. The summed E-state index contributed by atoms with van der Waals surface area (Å²) >= 11 is 12.7. The molecule has 1 aliphatic rings. The number of hydrogen-bond acceptors (Lipinski definition) is 4. The van der Waals surface area contributed by atoms with Crippen LogP contribution < -0.4 is 0 Å². The number of aromatic nitrogens is 1. The average molecular weight is 416 g/mol. The highest BCUT2D eigenvalue weighted by atomic mass is 35.5. The Balaban J connectivity index is 1.76. The first-order chi connectivity index (χ1) is 13.5. The Morgan fingerprint density at radius 1 is 1.04 bits per heavy atom. The summed E-state index contributed by atoms with van der Waals surface area (Å²) in [5, 5.41) is 13.0. The first-order valence-electron chi connectivity index (χ1n) is 9.45. The van der Waals surface area contributed by atoms with Gasteiger partial charge in [-0.3, -0.25) is 4.90 Å². The molecule has 28 heavy (non-hydrogen) atoms. The average Bonchev–Trinajstić information content (AvgIpc) is 2.69. The maximum Gasteiger partial charge on any atom is 0.0924 e. The van der Waals surface area contributed by atoms with Gasteiger partial charge in [0.1, 0.15) is 0 Å². The highest BCUT2D eigenvalue weighted by Crippen LogP contribution is 2.34. The number of benzene rings is 2. The predicted octanol–water partition coefficient (Wildman–Crippen LogP) is 4.49. The van der Waals surface area contributed by atoms with Gasteiger partial charge in [-0.15, -0.1) is 0 Å². The lowest BCUT2D eigenvalue weighted by molar-refractivity contribution is 0.0812. The van der Waals surface area contributed by atoms with Gasteiger partial charge in [-0.2, -0.15) is 0 Å². The molecule has 1 saturated heterocycles. The van der Waals surface area contributed by atoms with Crippen LogP contribution in [0.15, 0.2) is 48.5 Å². The maximum absolute atomic E-state index is 11.1. The van der Waals surface area contributed by atoms with Gasteiger partial charge in [0, 0.05) is 48.7 Å². The Kier molecular flexibility index (Phi) is 5.85. The van der Waals surface area contributed by atoms with Crippen LogP contribution in [0.2, 0.25) is 10.0 Å². The number of likely N-dealkylation sites (N-methyl/N-ethyl adjacent to an activating group) is 1. The number of halogens is 2. The van der Waals surface area contributed by atoms with Crippen molar-refractivity contribution in [3.05, 3.63) is 64.1 Å². The summed E-state index contributed by atoms with van der Waals surface area (Å²) in [6.07, 6.45) is -0.647. The minimum Gasteiger partial charge on any atom is -0.387 e. The SMILES string of the molecule is CN1CCN(CC(O)c2cc(-c3ccccc3)nc3c(Cl)cc(Cl)cc23)CC1. The summed E-state index contributed by atoms with van der Waals surface area (Å²) in [4.78, 5) is 9.36. The zero-order valence-corrected chi connectivity index (χ0v) is 17.3. The van der Waals surface area contributed by atoms with E-state index in [0.29, 0.717) is 22.1 Å². The zero-order valence-electron chi connectivity index (χ0n) is 15.8. The molecule has 0 amide bonds. The fourth-order valence-corrected chi connectivity index (χ4v) is 4.22. The van der Waals surface area contributed by atoms with Crippen molar-refractivity contribution in [1.29, 1.82) is 0 Å². The molecular formula is C22H23Cl2N3O. The predicted molar refractivity (Wildman–Crippen MR) is 116 cm³/mol. The molecule has 6 heteroatoms. The molecule has 0 saturated carbocycles. The Hall–Kier alpha value is -1.69. The van der Waals surface area contributed by atoms with Crippen molar-refractivity contribution in [3.63, 3.8) is 0 Å². The fraction of sp³-hybridized carbons (Fsp3) is 0.318. The van der Waals surface area contributed by atoms with Crippen LogP contribution in [0.1, 0.15) is 11.7 Å². The van der Waals surface area contributed by atoms with E-state index >= 15 is 0 Å². The molecule has 146 valence electrons. The van der Waals surface area contributed by atoms with Gasteiger partial charge in [-0.05, 0) is 30.8 Å². The minimum atomic E-state index is -0.647. The van der Waals surface area contributed by atoms with E-state index in [4.69, 9.17) is 28.2 Å². The van der Waals surface area contributed by atoms with Crippen LogP contribution in [0.5, 0.6) is 0 Å². The van der Waals surface area contributed by atoms with Crippen LogP contribution in [-0.4, -0.2) is 59.7 Å². The minimum absolute atomic E-state index is 0.494.